The number of nitrogens with one attached hydrogen (secondary N) is 1. The Morgan fingerprint density at radius 1 is 0.857 bits per heavy atom. The van der Waals surface area contributed by atoms with Gasteiger partial charge in [-0.05, 0) is 65.6 Å². The number of amides is 1. The molecule has 0 atom stereocenters. The van der Waals surface area contributed by atoms with Gasteiger partial charge in [-0.1, -0.05) is 54.6 Å². The van der Waals surface area contributed by atoms with Crippen molar-refractivity contribution >= 4 is 16.9 Å². The third-order valence-electron chi connectivity index (χ3n) is 6.50. The Bertz CT molecular complexity index is 1520. The van der Waals surface area contributed by atoms with Gasteiger partial charge in [-0.25, -0.2) is 4.98 Å². The van der Waals surface area contributed by atoms with Gasteiger partial charge in [-0.15, -0.1) is 0 Å². The molecular weight excluding hydrogens is 434 g/mol. The molecule has 35 heavy (non-hydrogen) atoms. The number of ether oxygens (including phenoxy) is 1. The number of rotatable bonds is 3. The van der Waals surface area contributed by atoms with E-state index in [1.165, 1.54) is 0 Å². The number of fused-ring (bicyclic) bond motifs is 2. The molecule has 1 N–H and O–H groups in total. The van der Waals surface area contributed by atoms with E-state index in [0.29, 0.717) is 25.3 Å². The van der Waals surface area contributed by atoms with Crippen molar-refractivity contribution in [1.29, 1.82) is 0 Å². The van der Waals surface area contributed by atoms with Crippen LogP contribution in [0.25, 0.3) is 33.3 Å². The first-order valence-electron chi connectivity index (χ1n) is 11.8. The highest BCUT2D eigenvalue weighted by Crippen LogP contribution is 2.31. The molecule has 0 bridgehead atoms. The number of aromatic amines is 1. The second-order valence-electron chi connectivity index (χ2n) is 8.90. The maximum atomic E-state index is 13.4. The minimum atomic E-state index is 0.0146. The predicted octanol–water partition coefficient (Wildman–Crippen LogP) is 6.24. The van der Waals surface area contributed by atoms with Crippen LogP contribution in [0.2, 0.25) is 0 Å². The van der Waals surface area contributed by atoms with Crippen molar-refractivity contribution < 1.29 is 9.53 Å². The smallest absolute Gasteiger partial charge is 0.254 e. The molecule has 6 rings (SSSR count). The number of H-pyrrole nitrogens is 1. The maximum absolute atomic E-state index is 13.4. The molecule has 0 radical (unpaired) electrons. The molecule has 1 amide bonds. The summed E-state index contributed by atoms with van der Waals surface area (Å²) in [6.45, 7) is 3.48. The third-order valence-corrected chi connectivity index (χ3v) is 6.50. The summed E-state index contributed by atoms with van der Waals surface area (Å²) in [4.78, 5) is 23.0. The summed E-state index contributed by atoms with van der Waals surface area (Å²) in [5.74, 6) is 1.75. The van der Waals surface area contributed by atoms with Gasteiger partial charge in [0.15, 0.2) is 0 Å². The lowest BCUT2D eigenvalue weighted by molar-refractivity contribution is 0.0733. The van der Waals surface area contributed by atoms with E-state index in [4.69, 9.17) is 4.74 Å². The Kier molecular flexibility index (Phi) is 5.30. The highest BCUT2D eigenvalue weighted by Gasteiger charge is 2.22. The SMILES string of the molecule is Cc1nc2ccc(-c3ccc4c(c3)CN(C(=O)c3ccc(-c5ccccc5)cc3)CCO4)cc2[nH]1. The molecule has 5 aromatic rings. The number of benzene rings is 4. The van der Waals surface area contributed by atoms with Crippen LogP contribution in [-0.4, -0.2) is 33.9 Å². The second-order valence-corrected chi connectivity index (χ2v) is 8.90. The Morgan fingerprint density at radius 3 is 2.40 bits per heavy atom. The van der Waals surface area contributed by atoms with Gasteiger partial charge in [0.1, 0.15) is 18.2 Å². The van der Waals surface area contributed by atoms with Crippen LogP contribution in [0.4, 0.5) is 0 Å². The Labute approximate surface area is 204 Å². The summed E-state index contributed by atoms with van der Waals surface area (Å²) in [6.07, 6.45) is 0. The van der Waals surface area contributed by atoms with Crippen LogP contribution in [0.3, 0.4) is 0 Å². The fraction of sp³-hybridized carbons (Fsp3) is 0.133. The Hall–Kier alpha value is -4.38. The number of imidazole rings is 1. The van der Waals surface area contributed by atoms with Crippen molar-refractivity contribution in [3.05, 3.63) is 108 Å². The fourth-order valence-corrected chi connectivity index (χ4v) is 4.68. The van der Waals surface area contributed by atoms with Crippen molar-refractivity contribution in [2.75, 3.05) is 13.2 Å². The molecular formula is C30H25N3O2. The summed E-state index contributed by atoms with van der Waals surface area (Å²) in [7, 11) is 0. The van der Waals surface area contributed by atoms with Crippen LogP contribution >= 0.6 is 0 Å². The molecule has 0 unspecified atom stereocenters. The van der Waals surface area contributed by atoms with Gasteiger partial charge >= 0.3 is 0 Å². The van der Waals surface area contributed by atoms with E-state index in [0.717, 1.165) is 50.4 Å². The maximum Gasteiger partial charge on any atom is 0.254 e. The molecule has 0 fully saturated rings. The van der Waals surface area contributed by atoms with Crippen molar-refractivity contribution in [2.24, 2.45) is 0 Å². The molecule has 2 heterocycles. The first kappa shape index (κ1) is 21.2. The summed E-state index contributed by atoms with van der Waals surface area (Å²) in [5, 5.41) is 0. The molecule has 0 aliphatic carbocycles. The number of aromatic nitrogens is 2. The molecule has 1 aliphatic heterocycles. The number of carbonyl (C=O) groups excluding carboxylic acids is 1. The van der Waals surface area contributed by atoms with Crippen molar-refractivity contribution in [3.8, 4) is 28.0 Å². The molecule has 0 spiro atoms. The Morgan fingerprint density at radius 2 is 1.57 bits per heavy atom. The monoisotopic (exact) mass is 459 g/mol. The summed E-state index contributed by atoms with van der Waals surface area (Å²) < 4.78 is 6.00. The largest absolute Gasteiger partial charge is 0.491 e. The lowest BCUT2D eigenvalue weighted by Gasteiger charge is -2.20. The number of hydrogen-bond donors (Lipinski definition) is 1. The molecule has 0 saturated heterocycles. The van der Waals surface area contributed by atoms with Crippen molar-refractivity contribution in [1.82, 2.24) is 14.9 Å². The van der Waals surface area contributed by atoms with E-state index in [1.807, 2.05) is 66.4 Å². The normalized spacial score (nSPS) is 13.2. The minimum Gasteiger partial charge on any atom is -0.491 e. The molecule has 172 valence electrons. The third kappa shape index (κ3) is 4.17. The number of hydrogen-bond acceptors (Lipinski definition) is 3. The zero-order valence-corrected chi connectivity index (χ0v) is 19.5. The van der Waals surface area contributed by atoms with E-state index in [1.54, 1.807) is 0 Å². The first-order valence-corrected chi connectivity index (χ1v) is 11.8. The minimum absolute atomic E-state index is 0.0146. The zero-order chi connectivity index (χ0) is 23.8. The van der Waals surface area contributed by atoms with Gasteiger partial charge < -0.3 is 14.6 Å². The predicted molar refractivity (Wildman–Crippen MR) is 138 cm³/mol. The van der Waals surface area contributed by atoms with E-state index in [2.05, 4.69) is 46.4 Å². The van der Waals surface area contributed by atoms with Gasteiger partial charge in [-0.2, -0.15) is 0 Å². The topological polar surface area (TPSA) is 58.2 Å². The van der Waals surface area contributed by atoms with Crippen LogP contribution in [-0.2, 0) is 6.54 Å². The van der Waals surface area contributed by atoms with Gasteiger partial charge in [-0.3, -0.25) is 4.79 Å². The van der Waals surface area contributed by atoms with Crippen LogP contribution in [0.5, 0.6) is 5.75 Å². The summed E-state index contributed by atoms with van der Waals surface area (Å²) in [6, 6.07) is 30.5. The number of aryl methyl sites for hydroxylation is 1. The van der Waals surface area contributed by atoms with Gasteiger partial charge in [0.05, 0.1) is 17.6 Å². The number of nitrogens with zero attached hydrogens (tertiary/aromatic N) is 2. The van der Waals surface area contributed by atoms with Crippen LogP contribution in [0, 0.1) is 6.92 Å². The van der Waals surface area contributed by atoms with Gasteiger partial charge in [0, 0.05) is 17.7 Å². The number of carbonyl (C=O) groups is 1. The van der Waals surface area contributed by atoms with Crippen LogP contribution in [0.1, 0.15) is 21.7 Å². The fourth-order valence-electron chi connectivity index (χ4n) is 4.68. The van der Waals surface area contributed by atoms with Crippen molar-refractivity contribution in [2.45, 2.75) is 13.5 Å². The average molecular weight is 460 g/mol. The molecule has 5 nitrogen and oxygen atoms in total. The standard InChI is InChI=1S/C30H25N3O2/c1-20-31-27-13-11-25(18-28(27)32-20)24-12-14-29-26(17-24)19-33(15-16-35-29)30(34)23-9-7-22(8-10-23)21-5-3-2-4-6-21/h2-14,17-18H,15-16,19H2,1H3,(H,31,32). The molecule has 5 heteroatoms. The zero-order valence-electron chi connectivity index (χ0n) is 19.5. The highest BCUT2D eigenvalue weighted by molar-refractivity contribution is 5.95. The highest BCUT2D eigenvalue weighted by atomic mass is 16.5. The molecule has 0 saturated carbocycles. The first-order chi connectivity index (χ1) is 17.1. The van der Waals surface area contributed by atoms with E-state index >= 15 is 0 Å². The molecule has 1 aromatic heterocycles. The quantitative estimate of drug-likeness (QED) is 0.347. The lowest BCUT2D eigenvalue weighted by atomic mass is 10.0. The summed E-state index contributed by atoms with van der Waals surface area (Å²) >= 11 is 0. The van der Waals surface area contributed by atoms with Crippen LogP contribution in [0.15, 0.2) is 91.0 Å². The van der Waals surface area contributed by atoms with E-state index in [-0.39, 0.29) is 5.91 Å². The lowest BCUT2D eigenvalue weighted by Crippen LogP contribution is -2.32. The molecule has 4 aromatic carbocycles. The van der Waals surface area contributed by atoms with Gasteiger partial charge in [0.25, 0.3) is 5.91 Å². The Balaban J connectivity index is 1.26. The van der Waals surface area contributed by atoms with Crippen LogP contribution < -0.4 is 4.74 Å². The second kappa shape index (κ2) is 8.76. The van der Waals surface area contributed by atoms with Gasteiger partial charge in [0.2, 0.25) is 0 Å². The average Bonchev–Trinajstić information content (AvgIpc) is 3.14. The summed E-state index contributed by atoms with van der Waals surface area (Å²) in [5.41, 5.74) is 8.09. The van der Waals surface area contributed by atoms with E-state index < -0.39 is 0 Å². The van der Waals surface area contributed by atoms with Crippen molar-refractivity contribution in [3.63, 3.8) is 0 Å². The van der Waals surface area contributed by atoms with E-state index in [9.17, 15) is 4.79 Å². The molecule has 1 aliphatic rings.